The molecule has 0 saturated carbocycles. The maximum atomic E-state index is 12.5. The lowest BCUT2D eigenvalue weighted by atomic mass is 10.1. The number of amides is 1. The van der Waals surface area contributed by atoms with Gasteiger partial charge in [-0.05, 0) is 18.6 Å². The van der Waals surface area contributed by atoms with Gasteiger partial charge in [-0.15, -0.1) is 5.10 Å². The zero-order chi connectivity index (χ0) is 22.4. The SMILES string of the molecule is COC(=O)c1cc(OC)c(OC)cc1NC(=O)CCCn1nnc2ccccc2c1=O. The zero-order valence-corrected chi connectivity index (χ0v) is 17.4. The van der Waals surface area contributed by atoms with Gasteiger partial charge < -0.3 is 19.5 Å². The largest absolute Gasteiger partial charge is 0.493 e. The molecule has 0 aliphatic rings. The average molecular weight is 426 g/mol. The summed E-state index contributed by atoms with van der Waals surface area (Å²) in [7, 11) is 4.13. The molecular formula is C21H22N4O6. The van der Waals surface area contributed by atoms with Crippen LogP contribution in [0.15, 0.2) is 41.2 Å². The molecule has 10 heteroatoms. The Morgan fingerprint density at radius 3 is 2.48 bits per heavy atom. The van der Waals surface area contributed by atoms with E-state index in [2.05, 4.69) is 15.6 Å². The first-order chi connectivity index (χ1) is 15.0. The Hall–Kier alpha value is -3.95. The van der Waals surface area contributed by atoms with E-state index in [1.807, 2.05) is 0 Å². The van der Waals surface area contributed by atoms with Crippen LogP contribution in [0.3, 0.4) is 0 Å². The minimum Gasteiger partial charge on any atom is -0.493 e. The summed E-state index contributed by atoms with van der Waals surface area (Å²) in [5.41, 5.74) is 0.617. The topological polar surface area (TPSA) is 122 Å². The molecule has 0 radical (unpaired) electrons. The molecule has 10 nitrogen and oxygen atoms in total. The van der Waals surface area contributed by atoms with Crippen LogP contribution in [-0.2, 0) is 16.1 Å². The molecule has 0 aliphatic carbocycles. The molecule has 2 aromatic carbocycles. The van der Waals surface area contributed by atoms with E-state index in [0.717, 1.165) is 0 Å². The minimum absolute atomic E-state index is 0.0932. The quantitative estimate of drug-likeness (QED) is 0.543. The number of carbonyl (C=O) groups excluding carboxylic acids is 2. The van der Waals surface area contributed by atoms with E-state index >= 15 is 0 Å². The number of rotatable bonds is 8. The number of hydrogen-bond acceptors (Lipinski definition) is 8. The number of aromatic nitrogens is 3. The van der Waals surface area contributed by atoms with Crippen molar-refractivity contribution in [1.82, 2.24) is 15.0 Å². The number of aryl methyl sites for hydroxylation is 1. The smallest absolute Gasteiger partial charge is 0.340 e. The van der Waals surface area contributed by atoms with E-state index in [4.69, 9.17) is 14.2 Å². The van der Waals surface area contributed by atoms with Crippen molar-refractivity contribution in [2.75, 3.05) is 26.6 Å². The van der Waals surface area contributed by atoms with Crippen LogP contribution in [0.2, 0.25) is 0 Å². The Labute approximate surface area is 177 Å². The summed E-state index contributed by atoms with van der Waals surface area (Å²) in [4.78, 5) is 37.0. The third-order valence-corrected chi connectivity index (χ3v) is 4.61. The van der Waals surface area contributed by atoms with Gasteiger partial charge in [0, 0.05) is 25.1 Å². The van der Waals surface area contributed by atoms with E-state index in [0.29, 0.717) is 28.8 Å². The zero-order valence-electron chi connectivity index (χ0n) is 17.4. The average Bonchev–Trinajstić information content (AvgIpc) is 2.79. The van der Waals surface area contributed by atoms with E-state index in [9.17, 15) is 14.4 Å². The molecule has 0 unspecified atom stereocenters. The summed E-state index contributed by atoms with van der Waals surface area (Å²) in [6.07, 6.45) is 0.440. The number of nitrogens with zero attached hydrogens (tertiary/aromatic N) is 3. The lowest BCUT2D eigenvalue weighted by Crippen LogP contribution is -2.25. The molecule has 0 saturated heterocycles. The molecule has 0 bridgehead atoms. The van der Waals surface area contributed by atoms with Crippen LogP contribution in [0.25, 0.3) is 10.9 Å². The van der Waals surface area contributed by atoms with Crippen LogP contribution >= 0.6 is 0 Å². The normalized spacial score (nSPS) is 10.5. The number of hydrogen-bond donors (Lipinski definition) is 1. The maximum absolute atomic E-state index is 12.5. The molecule has 1 aromatic heterocycles. The molecule has 1 amide bonds. The summed E-state index contributed by atoms with van der Waals surface area (Å²) in [5.74, 6) is -0.299. The second kappa shape index (κ2) is 9.70. The van der Waals surface area contributed by atoms with Gasteiger partial charge in [-0.25, -0.2) is 9.48 Å². The highest BCUT2D eigenvalue weighted by Crippen LogP contribution is 2.33. The first-order valence-corrected chi connectivity index (χ1v) is 9.45. The summed E-state index contributed by atoms with van der Waals surface area (Å²) >= 11 is 0. The highest BCUT2D eigenvalue weighted by molar-refractivity contribution is 6.02. The Balaban J connectivity index is 1.70. The van der Waals surface area contributed by atoms with Gasteiger partial charge in [-0.3, -0.25) is 9.59 Å². The van der Waals surface area contributed by atoms with E-state index in [-0.39, 0.29) is 35.7 Å². The van der Waals surface area contributed by atoms with Crippen molar-refractivity contribution in [3.63, 3.8) is 0 Å². The van der Waals surface area contributed by atoms with Crippen LogP contribution in [0.5, 0.6) is 11.5 Å². The number of ether oxygens (including phenoxy) is 3. The molecule has 162 valence electrons. The molecule has 0 spiro atoms. The molecule has 1 N–H and O–H groups in total. The second-order valence-corrected chi connectivity index (χ2v) is 6.53. The fourth-order valence-electron chi connectivity index (χ4n) is 3.03. The standard InChI is InChI=1S/C21H22N4O6/c1-29-17-11-14(21(28)31-3)16(12-18(17)30-2)22-19(26)9-6-10-25-20(27)13-7-4-5-8-15(13)23-24-25/h4-5,7-8,11-12H,6,9-10H2,1-3H3,(H,22,26). The molecule has 3 rings (SSSR count). The number of fused-ring (bicyclic) bond motifs is 1. The number of nitrogens with one attached hydrogen (secondary N) is 1. The van der Waals surface area contributed by atoms with Gasteiger partial charge in [-0.1, -0.05) is 17.3 Å². The lowest BCUT2D eigenvalue weighted by molar-refractivity contribution is -0.116. The molecule has 0 fully saturated rings. The monoisotopic (exact) mass is 426 g/mol. The van der Waals surface area contributed by atoms with Crippen molar-refractivity contribution in [2.45, 2.75) is 19.4 Å². The van der Waals surface area contributed by atoms with E-state index < -0.39 is 5.97 Å². The lowest BCUT2D eigenvalue weighted by Gasteiger charge is -2.14. The van der Waals surface area contributed by atoms with Crippen molar-refractivity contribution in [3.05, 3.63) is 52.3 Å². The van der Waals surface area contributed by atoms with Crippen LogP contribution in [0.4, 0.5) is 5.69 Å². The van der Waals surface area contributed by atoms with Gasteiger partial charge in [0.1, 0.15) is 5.52 Å². The number of anilines is 1. The van der Waals surface area contributed by atoms with Crippen molar-refractivity contribution in [1.29, 1.82) is 0 Å². The Morgan fingerprint density at radius 1 is 1.06 bits per heavy atom. The van der Waals surface area contributed by atoms with Gasteiger partial charge in [0.05, 0.1) is 38.0 Å². The molecule has 3 aromatic rings. The highest BCUT2D eigenvalue weighted by atomic mass is 16.5. The highest BCUT2D eigenvalue weighted by Gasteiger charge is 2.19. The van der Waals surface area contributed by atoms with Gasteiger partial charge in [0.25, 0.3) is 5.56 Å². The molecule has 0 atom stereocenters. The predicted octanol–water partition coefficient (Wildman–Crippen LogP) is 2.01. The third kappa shape index (κ3) is 4.80. The second-order valence-electron chi connectivity index (χ2n) is 6.53. The number of benzene rings is 2. The Morgan fingerprint density at radius 2 is 1.77 bits per heavy atom. The summed E-state index contributed by atoms with van der Waals surface area (Å²) in [6.45, 7) is 0.222. The summed E-state index contributed by atoms with van der Waals surface area (Å²) in [5, 5.41) is 11.1. The Kier molecular flexibility index (Phi) is 6.81. The van der Waals surface area contributed by atoms with Crippen molar-refractivity contribution in [3.8, 4) is 11.5 Å². The fourth-order valence-corrected chi connectivity index (χ4v) is 3.03. The van der Waals surface area contributed by atoms with Crippen LogP contribution in [-0.4, -0.2) is 48.2 Å². The minimum atomic E-state index is -0.630. The molecular weight excluding hydrogens is 404 g/mol. The van der Waals surface area contributed by atoms with Crippen molar-refractivity contribution >= 4 is 28.5 Å². The number of esters is 1. The van der Waals surface area contributed by atoms with Crippen LogP contribution < -0.4 is 20.3 Å². The molecule has 1 heterocycles. The third-order valence-electron chi connectivity index (χ3n) is 4.61. The molecule has 0 aliphatic heterocycles. The summed E-state index contributed by atoms with van der Waals surface area (Å²) in [6, 6.07) is 9.85. The van der Waals surface area contributed by atoms with Crippen molar-refractivity contribution in [2.24, 2.45) is 0 Å². The fraction of sp³-hybridized carbons (Fsp3) is 0.286. The first kappa shape index (κ1) is 21.8. The molecule has 31 heavy (non-hydrogen) atoms. The predicted molar refractivity (Wildman–Crippen MR) is 113 cm³/mol. The van der Waals surface area contributed by atoms with Crippen LogP contribution in [0, 0.1) is 0 Å². The number of methoxy groups -OCH3 is 3. The first-order valence-electron chi connectivity index (χ1n) is 9.45. The van der Waals surface area contributed by atoms with Gasteiger partial charge in [0.2, 0.25) is 5.91 Å². The Bertz CT molecular complexity index is 1170. The van der Waals surface area contributed by atoms with Crippen LogP contribution in [0.1, 0.15) is 23.2 Å². The van der Waals surface area contributed by atoms with E-state index in [1.54, 1.807) is 24.3 Å². The van der Waals surface area contributed by atoms with Gasteiger partial charge in [0.15, 0.2) is 11.5 Å². The van der Waals surface area contributed by atoms with Crippen molar-refractivity contribution < 1.29 is 23.8 Å². The summed E-state index contributed by atoms with van der Waals surface area (Å²) < 4.78 is 16.4. The number of carbonyl (C=O) groups is 2. The maximum Gasteiger partial charge on any atom is 0.340 e. The van der Waals surface area contributed by atoms with E-state index in [1.165, 1.54) is 38.1 Å². The van der Waals surface area contributed by atoms with Gasteiger partial charge >= 0.3 is 5.97 Å². The van der Waals surface area contributed by atoms with Gasteiger partial charge in [-0.2, -0.15) is 0 Å².